The smallest absolute Gasteiger partial charge is 0.326 e. The molecule has 0 aliphatic heterocycles. The summed E-state index contributed by atoms with van der Waals surface area (Å²) in [7, 11) is 0. The third-order valence-electron chi connectivity index (χ3n) is 3.23. The molecule has 0 aromatic heterocycles. The summed E-state index contributed by atoms with van der Waals surface area (Å²) < 4.78 is 0. The van der Waals surface area contributed by atoms with Crippen molar-refractivity contribution in [2.75, 3.05) is 6.54 Å². The molecular formula is C17H24N2O4. The number of carboxylic acid groups (broad SMARTS) is 1. The van der Waals surface area contributed by atoms with Gasteiger partial charge in [-0.25, -0.2) is 4.79 Å². The highest BCUT2D eigenvalue weighted by atomic mass is 16.4. The van der Waals surface area contributed by atoms with Crippen LogP contribution in [0.2, 0.25) is 0 Å². The number of hydrogen-bond donors (Lipinski definition) is 3. The van der Waals surface area contributed by atoms with Crippen molar-refractivity contribution in [3.05, 3.63) is 35.9 Å². The average Bonchev–Trinajstić information content (AvgIpc) is 2.46. The number of carbonyl (C=O) groups excluding carboxylic acids is 2. The van der Waals surface area contributed by atoms with Gasteiger partial charge in [-0.3, -0.25) is 9.59 Å². The number of aliphatic carboxylic acids is 1. The molecule has 1 rings (SSSR count). The summed E-state index contributed by atoms with van der Waals surface area (Å²) in [6, 6.07) is 8.12. The number of rotatable bonds is 7. The van der Waals surface area contributed by atoms with Crippen molar-refractivity contribution >= 4 is 17.8 Å². The highest BCUT2D eigenvalue weighted by Gasteiger charge is 2.22. The molecule has 1 aromatic carbocycles. The molecule has 0 bridgehead atoms. The van der Waals surface area contributed by atoms with Crippen LogP contribution in [0.1, 0.15) is 32.8 Å². The summed E-state index contributed by atoms with van der Waals surface area (Å²) >= 11 is 0. The average molecular weight is 320 g/mol. The Hall–Kier alpha value is -2.37. The molecule has 3 N–H and O–H groups in total. The van der Waals surface area contributed by atoms with Gasteiger partial charge in [-0.15, -0.1) is 0 Å². The van der Waals surface area contributed by atoms with Crippen molar-refractivity contribution in [2.45, 2.75) is 39.7 Å². The highest BCUT2D eigenvalue weighted by Crippen LogP contribution is 2.12. The molecule has 126 valence electrons. The van der Waals surface area contributed by atoms with Crippen LogP contribution in [0.3, 0.4) is 0 Å². The number of carboxylic acids is 1. The molecule has 6 heteroatoms. The Morgan fingerprint density at radius 3 is 2.26 bits per heavy atom. The van der Waals surface area contributed by atoms with Gasteiger partial charge in [0.15, 0.2) is 0 Å². The first-order chi connectivity index (χ1) is 10.7. The molecule has 0 saturated carbocycles. The van der Waals surface area contributed by atoms with Crippen molar-refractivity contribution in [1.82, 2.24) is 10.6 Å². The van der Waals surface area contributed by atoms with Crippen LogP contribution >= 0.6 is 0 Å². The Morgan fingerprint density at radius 1 is 1.13 bits per heavy atom. The van der Waals surface area contributed by atoms with E-state index in [1.807, 2.05) is 30.3 Å². The topological polar surface area (TPSA) is 95.5 Å². The molecule has 1 aromatic rings. The molecule has 0 fully saturated rings. The van der Waals surface area contributed by atoms with Crippen LogP contribution in [-0.2, 0) is 20.8 Å². The summed E-state index contributed by atoms with van der Waals surface area (Å²) in [4.78, 5) is 34.8. The minimum absolute atomic E-state index is 0.0421. The molecule has 0 unspecified atom stereocenters. The van der Waals surface area contributed by atoms with Crippen LogP contribution < -0.4 is 10.6 Å². The molecule has 6 nitrogen and oxygen atoms in total. The lowest BCUT2D eigenvalue weighted by Crippen LogP contribution is -2.44. The van der Waals surface area contributed by atoms with E-state index in [2.05, 4.69) is 10.6 Å². The summed E-state index contributed by atoms with van der Waals surface area (Å²) in [5.74, 6) is -1.63. The Balaban J connectivity index is 2.46. The second-order valence-corrected chi connectivity index (χ2v) is 6.40. The van der Waals surface area contributed by atoms with E-state index in [-0.39, 0.29) is 25.3 Å². The zero-order valence-corrected chi connectivity index (χ0v) is 13.8. The van der Waals surface area contributed by atoms with Gasteiger partial charge >= 0.3 is 5.97 Å². The Morgan fingerprint density at radius 2 is 1.74 bits per heavy atom. The van der Waals surface area contributed by atoms with Gasteiger partial charge in [-0.1, -0.05) is 51.1 Å². The fraction of sp³-hybridized carbons (Fsp3) is 0.471. The van der Waals surface area contributed by atoms with Crippen LogP contribution in [0.4, 0.5) is 0 Å². The number of carbonyl (C=O) groups is 3. The maximum atomic E-state index is 11.9. The first-order valence-electron chi connectivity index (χ1n) is 7.54. The third-order valence-corrected chi connectivity index (χ3v) is 3.23. The maximum Gasteiger partial charge on any atom is 0.326 e. The minimum Gasteiger partial charge on any atom is -0.480 e. The summed E-state index contributed by atoms with van der Waals surface area (Å²) in [6.07, 6.45) is 0.261. The molecule has 23 heavy (non-hydrogen) atoms. The van der Waals surface area contributed by atoms with Crippen LogP contribution in [0.15, 0.2) is 30.3 Å². The Kier molecular flexibility index (Phi) is 6.75. The van der Waals surface area contributed by atoms with E-state index in [1.165, 1.54) is 0 Å². The lowest BCUT2D eigenvalue weighted by molar-refractivity contribution is -0.141. The fourth-order valence-corrected chi connectivity index (χ4v) is 1.87. The fourth-order valence-electron chi connectivity index (χ4n) is 1.87. The second-order valence-electron chi connectivity index (χ2n) is 6.40. The van der Waals surface area contributed by atoms with E-state index in [1.54, 1.807) is 20.8 Å². The predicted octanol–water partition coefficient (Wildman–Crippen LogP) is 1.35. The minimum atomic E-state index is -1.08. The van der Waals surface area contributed by atoms with E-state index < -0.39 is 23.3 Å². The van der Waals surface area contributed by atoms with Crippen molar-refractivity contribution in [2.24, 2.45) is 5.41 Å². The molecule has 0 aliphatic rings. The van der Waals surface area contributed by atoms with Gasteiger partial charge in [-0.05, 0) is 5.56 Å². The largest absolute Gasteiger partial charge is 0.480 e. The lowest BCUT2D eigenvalue weighted by Gasteiger charge is -2.18. The molecule has 0 aliphatic carbocycles. The molecule has 0 radical (unpaired) electrons. The molecule has 0 heterocycles. The van der Waals surface area contributed by atoms with Gasteiger partial charge in [0.1, 0.15) is 6.04 Å². The number of benzene rings is 1. The quantitative estimate of drug-likeness (QED) is 0.706. The van der Waals surface area contributed by atoms with E-state index >= 15 is 0 Å². The van der Waals surface area contributed by atoms with Gasteiger partial charge in [0, 0.05) is 24.8 Å². The van der Waals surface area contributed by atoms with E-state index in [9.17, 15) is 19.5 Å². The molecule has 0 spiro atoms. The monoisotopic (exact) mass is 320 g/mol. The maximum absolute atomic E-state index is 11.9. The van der Waals surface area contributed by atoms with E-state index in [0.717, 1.165) is 5.56 Å². The van der Waals surface area contributed by atoms with Crippen LogP contribution in [0.5, 0.6) is 0 Å². The van der Waals surface area contributed by atoms with E-state index in [4.69, 9.17) is 0 Å². The second kappa shape index (κ2) is 8.31. The predicted molar refractivity (Wildman–Crippen MR) is 86.8 cm³/mol. The zero-order chi connectivity index (χ0) is 17.5. The summed E-state index contributed by atoms with van der Waals surface area (Å²) in [6.45, 7) is 5.52. The molecule has 2 amide bonds. The number of hydrogen-bond acceptors (Lipinski definition) is 3. The SMILES string of the molecule is CC(C)(C)C(=O)NCCC(=O)N[C@@H](Cc1ccccc1)C(=O)O. The first kappa shape index (κ1) is 18.7. The Bertz CT molecular complexity index is 549. The summed E-state index contributed by atoms with van der Waals surface area (Å²) in [5, 5.41) is 14.4. The van der Waals surface area contributed by atoms with Crippen LogP contribution in [-0.4, -0.2) is 35.5 Å². The van der Waals surface area contributed by atoms with Gasteiger partial charge < -0.3 is 15.7 Å². The standard InChI is InChI=1S/C17H24N2O4/c1-17(2,3)16(23)18-10-9-14(20)19-13(15(21)22)11-12-7-5-4-6-8-12/h4-8,13H,9-11H2,1-3H3,(H,18,23)(H,19,20)(H,21,22)/t13-/m0/s1. The third kappa shape index (κ3) is 6.95. The van der Waals surface area contributed by atoms with Crippen molar-refractivity contribution in [3.63, 3.8) is 0 Å². The number of nitrogens with one attached hydrogen (secondary N) is 2. The number of amides is 2. The van der Waals surface area contributed by atoms with Gasteiger partial charge in [-0.2, -0.15) is 0 Å². The molecule has 1 atom stereocenters. The van der Waals surface area contributed by atoms with Gasteiger partial charge in [0.2, 0.25) is 11.8 Å². The summed E-state index contributed by atoms with van der Waals surface area (Å²) in [5.41, 5.74) is 0.314. The van der Waals surface area contributed by atoms with Crippen molar-refractivity contribution in [1.29, 1.82) is 0 Å². The van der Waals surface area contributed by atoms with Crippen molar-refractivity contribution in [3.8, 4) is 0 Å². The normalized spacial score (nSPS) is 12.3. The Labute approximate surface area is 136 Å². The van der Waals surface area contributed by atoms with Crippen molar-refractivity contribution < 1.29 is 19.5 Å². The lowest BCUT2D eigenvalue weighted by atomic mass is 9.96. The first-order valence-corrected chi connectivity index (χ1v) is 7.54. The molecule has 0 saturated heterocycles. The van der Waals surface area contributed by atoms with Gasteiger partial charge in [0.25, 0.3) is 0 Å². The van der Waals surface area contributed by atoms with E-state index in [0.29, 0.717) is 0 Å². The van der Waals surface area contributed by atoms with Gasteiger partial charge in [0.05, 0.1) is 0 Å². The molecular weight excluding hydrogens is 296 g/mol. The zero-order valence-electron chi connectivity index (χ0n) is 13.8. The van der Waals surface area contributed by atoms with Crippen LogP contribution in [0.25, 0.3) is 0 Å². The van der Waals surface area contributed by atoms with Crippen LogP contribution in [0, 0.1) is 5.41 Å². The highest BCUT2D eigenvalue weighted by molar-refractivity contribution is 5.85.